The fraction of sp³-hybridized carbons (Fsp3) is 0.412. The number of amides is 1. The fourth-order valence-corrected chi connectivity index (χ4v) is 3.68. The van der Waals surface area contributed by atoms with Gasteiger partial charge in [0.25, 0.3) is 0 Å². The number of aromatic amines is 1. The van der Waals surface area contributed by atoms with Gasteiger partial charge in [0.05, 0.1) is 12.1 Å². The minimum Gasteiger partial charge on any atom is -0.357 e. The Labute approximate surface area is 128 Å². The number of nitriles is 1. The molecule has 5 nitrogen and oxygen atoms in total. The van der Waals surface area contributed by atoms with E-state index in [-0.39, 0.29) is 18.0 Å². The maximum absolute atomic E-state index is 12.7. The van der Waals surface area contributed by atoms with Crippen LogP contribution in [0.15, 0.2) is 24.3 Å². The van der Waals surface area contributed by atoms with Crippen molar-refractivity contribution in [1.82, 2.24) is 15.2 Å². The van der Waals surface area contributed by atoms with Crippen LogP contribution in [0.5, 0.6) is 0 Å². The van der Waals surface area contributed by atoms with Gasteiger partial charge >= 0.3 is 0 Å². The molecule has 2 aliphatic rings. The number of nitrogens with one attached hydrogen (secondary N) is 2. The lowest BCUT2D eigenvalue weighted by Crippen LogP contribution is -2.50. The van der Waals surface area contributed by atoms with Crippen molar-refractivity contribution in [2.45, 2.75) is 37.9 Å². The summed E-state index contributed by atoms with van der Waals surface area (Å²) >= 11 is 0. The van der Waals surface area contributed by atoms with Gasteiger partial charge in [0.1, 0.15) is 6.04 Å². The summed E-state index contributed by atoms with van der Waals surface area (Å²) in [5, 5.41) is 13.7. The van der Waals surface area contributed by atoms with Gasteiger partial charge < -0.3 is 9.88 Å². The molecule has 112 valence electrons. The van der Waals surface area contributed by atoms with Gasteiger partial charge in [-0.25, -0.2) is 0 Å². The van der Waals surface area contributed by atoms with Crippen LogP contribution in [-0.2, 0) is 17.8 Å². The van der Waals surface area contributed by atoms with E-state index in [2.05, 4.69) is 28.5 Å². The highest BCUT2D eigenvalue weighted by atomic mass is 16.2. The molecule has 1 fully saturated rings. The molecule has 0 unspecified atom stereocenters. The van der Waals surface area contributed by atoms with E-state index < -0.39 is 0 Å². The predicted molar refractivity (Wildman–Crippen MR) is 83.0 cm³/mol. The third kappa shape index (κ3) is 1.99. The van der Waals surface area contributed by atoms with Crippen LogP contribution in [-0.4, -0.2) is 34.4 Å². The van der Waals surface area contributed by atoms with Crippen LogP contribution >= 0.6 is 0 Å². The number of rotatable bonds is 1. The molecule has 1 amide bonds. The van der Waals surface area contributed by atoms with Crippen LogP contribution in [0.2, 0.25) is 0 Å². The molecule has 2 aliphatic heterocycles. The van der Waals surface area contributed by atoms with E-state index in [0.717, 1.165) is 18.4 Å². The molecule has 1 aromatic heterocycles. The summed E-state index contributed by atoms with van der Waals surface area (Å²) in [6.07, 6.45) is 2.41. The minimum absolute atomic E-state index is 0.0694. The number of fused-ring (bicyclic) bond motifs is 3. The van der Waals surface area contributed by atoms with Crippen LogP contribution in [0.25, 0.3) is 10.9 Å². The van der Waals surface area contributed by atoms with Crippen molar-refractivity contribution in [2.75, 3.05) is 6.54 Å². The predicted octanol–water partition coefficient (Wildman–Crippen LogP) is 1.70. The first-order valence-corrected chi connectivity index (χ1v) is 7.80. The number of aromatic nitrogens is 1. The van der Waals surface area contributed by atoms with Crippen molar-refractivity contribution in [3.63, 3.8) is 0 Å². The molecule has 2 N–H and O–H groups in total. The lowest BCUT2D eigenvalue weighted by Gasteiger charge is -2.29. The summed E-state index contributed by atoms with van der Waals surface area (Å²) < 4.78 is 0. The summed E-state index contributed by atoms with van der Waals surface area (Å²) in [4.78, 5) is 17.9. The third-order valence-corrected chi connectivity index (χ3v) is 4.82. The number of nitrogens with zero attached hydrogens (tertiary/aromatic N) is 2. The molecule has 2 aromatic rings. The highest BCUT2D eigenvalue weighted by Crippen LogP contribution is 2.28. The summed E-state index contributed by atoms with van der Waals surface area (Å²) in [6, 6.07) is 9.99. The Hall–Kier alpha value is -2.32. The largest absolute Gasteiger partial charge is 0.357 e. The quantitative estimate of drug-likeness (QED) is 0.841. The molecule has 1 aromatic carbocycles. The Kier molecular flexibility index (Phi) is 3.12. The summed E-state index contributed by atoms with van der Waals surface area (Å²) in [6.45, 7) is 1.38. The fourth-order valence-electron chi connectivity index (χ4n) is 3.68. The molecule has 3 heterocycles. The Morgan fingerprint density at radius 1 is 1.36 bits per heavy atom. The zero-order chi connectivity index (χ0) is 15.1. The molecule has 0 bridgehead atoms. The Morgan fingerprint density at radius 3 is 3.09 bits per heavy atom. The molecular formula is C17H18N4O. The Bertz CT molecular complexity index is 773. The van der Waals surface area contributed by atoms with Crippen LogP contribution in [0.3, 0.4) is 0 Å². The third-order valence-electron chi connectivity index (χ3n) is 4.82. The number of benzene rings is 1. The topological polar surface area (TPSA) is 71.9 Å². The van der Waals surface area contributed by atoms with Crippen LogP contribution in [0.4, 0.5) is 0 Å². The SMILES string of the molecule is N#C[C@@H]1CCCN1C(=O)[C@@H]1Cc2c([nH]c3ccccc23)CN1. The monoisotopic (exact) mass is 294 g/mol. The average molecular weight is 294 g/mol. The molecule has 0 spiro atoms. The van der Waals surface area contributed by atoms with Crippen molar-refractivity contribution in [2.24, 2.45) is 0 Å². The van der Waals surface area contributed by atoms with E-state index in [1.54, 1.807) is 4.90 Å². The number of hydrogen-bond acceptors (Lipinski definition) is 3. The van der Waals surface area contributed by atoms with Gasteiger partial charge in [-0.05, 0) is 30.9 Å². The standard InChI is InChI=1S/C17H18N4O/c18-9-11-4-3-7-21(11)17(22)15-8-13-12-5-1-2-6-14(12)20-16(13)10-19-15/h1-2,5-6,11,15,19-20H,3-4,7-8,10H2/t11-,15-/m0/s1. The number of para-hydroxylation sites is 1. The summed E-state index contributed by atoms with van der Waals surface area (Å²) in [5.41, 5.74) is 3.53. The van der Waals surface area contributed by atoms with Crippen molar-refractivity contribution in [1.29, 1.82) is 5.26 Å². The molecule has 5 heteroatoms. The lowest BCUT2D eigenvalue weighted by atomic mass is 9.97. The van der Waals surface area contributed by atoms with Crippen molar-refractivity contribution in [3.8, 4) is 6.07 Å². The van der Waals surface area contributed by atoms with Gasteiger partial charge in [-0.2, -0.15) is 5.26 Å². The van der Waals surface area contributed by atoms with Gasteiger partial charge in [0, 0.05) is 29.7 Å². The second-order valence-electron chi connectivity index (χ2n) is 6.08. The second kappa shape index (κ2) is 5.15. The van der Waals surface area contributed by atoms with E-state index in [4.69, 9.17) is 0 Å². The first kappa shape index (κ1) is 13.4. The number of likely N-dealkylation sites (tertiary alicyclic amines) is 1. The average Bonchev–Trinajstić information content (AvgIpc) is 3.17. The van der Waals surface area contributed by atoms with Gasteiger partial charge in [-0.15, -0.1) is 0 Å². The number of hydrogen-bond donors (Lipinski definition) is 2. The highest BCUT2D eigenvalue weighted by Gasteiger charge is 2.35. The molecular weight excluding hydrogens is 276 g/mol. The van der Waals surface area contributed by atoms with Crippen molar-refractivity contribution < 1.29 is 4.79 Å². The van der Waals surface area contributed by atoms with Crippen LogP contribution in [0.1, 0.15) is 24.1 Å². The summed E-state index contributed by atoms with van der Waals surface area (Å²) in [7, 11) is 0. The second-order valence-corrected chi connectivity index (χ2v) is 6.08. The van der Waals surface area contributed by atoms with Gasteiger partial charge in [0.15, 0.2) is 0 Å². The Morgan fingerprint density at radius 2 is 2.23 bits per heavy atom. The zero-order valence-corrected chi connectivity index (χ0v) is 12.3. The van der Waals surface area contributed by atoms with Crippen LogP contribution in [0, 0.1) is 11.3 Å². The van der Waals surface area contributed by atoms with Crippen molar-refractivity contribution in [3.05, 3.63) is 35.5 Å². The molecule has 4 rings (SSSR count). The van der Waals surface area contributed by atoms with Gasteiger partial charge in [-0.1, -0.05) is 18.2 Å². The first-order chi connectivity index (χ1) is 10.8. The molecule has 0 saturated carbocycles. The van der Waals surface area contributed by atoms with Gasteiger partial charge in [0.2, 0.25) is 5.91 Å². The van der Waals surface area contributed by atoms with Gasteiger partial charge in [-0.3, -0.25) is 10.1 Å². The van der Waals surface area contributed by atoms with E-state index in [0.29, 0.717) is 19.5 Å². The summed E-state index contributed by atoms with van der Waals surface area (Å²) in [5.74, 6) is 0.0694. The molecule has 0 radical (unpaired) electrons. The Balaban J connectivity index is 1.61. The first-order valence-electron chi connectivity index (χ1n) is 7.80. The molecule has 2 atom stereocenters. The maximum atomic E-state index is 12.7. The van der Waals surface area contributed by atoms with E-state index in [9.17, 15) is 10.1 Å². The number of H-pyrrole nitrogens is 1. The maximum Gasteiger partial charge on any atom is 0.241 e. The normalized spacial score (nSPS) is 24.2. The van der Waals surface area contributed by atoms with Crippen molar-refractivity contribution >= 4 is 16.8 Å². The van der Waals surface area contributed by atoms with E-state index in [1.165, 1.54) is 16.6 Å². The zero-order valence-electron chi connectivity index (χ0n) is 12.3. The molecule has 0 aliphatic carbocycles. The number of carbonyl (C=O) groups is 1. The molecule has 1 saturated heterocycles. The van der Waals surface area contributed by atoms with E-state index >= 15 is 0 Å². The highest BCUT2D eigenvalue weighted by molar-refractivity contribution is 5.88. The lowest BCUT2D eigenvalue weighted by molar-refractivity contribution is -0.133. The molecule has 22 heavy (non-hydrogen) atoms. The van der Waals surface area contributed by atoms with Crippen LogP contribution < -0.4 is 5.32 Å². The minimum atomic E-state index is -0.251. The van der Waals surface area contributed by atoms with E-state index in [1.807, 2.05) is 12.1 Å². The smallest absolute Gasteiger partial charge is 0.241 e. The number of carbonyl (C=O) groups excluding carboxylic acids is 1.